The lowest BCUT2D eigenvalue weighted by Crippen LogP contribution is -2.37. The number of ether oxygens (including phenoxy) is 1. The number of hydrogen-bond donors (Lipinski definition) is 1. The van der Waals surface area contributed by atoms with Gasteiger partial charge in [-0.15, -0.1) is 5.10 Å². The quantitative estimate of drug-likeness (QED) is 0.622. The van der Waals surface area contributed by atoms with Crippen molar-refractivity contribution in [3.05, 3.63) is 76.6 Å². The van der Waals surface area contributed by atoms with Crippen molar-refractivity contribution in [1.29, 1.82) is 0 Å². The van der Waals surface area contributed by atoms with Crippen molar-refractivity contribution in [2.75, 3.05) is 26.3 Å². The number of carbonyl (C=O) groups is 1. The molecule has 3 aromatic rings. The normalized spacial score (nSPS) is 15.6. The number of carbonyl (C=O) groups excluding carboxylic acids is 1. The third-order valence-electron chi connectivity index (χ3n) is 5.01. The van der Waals surface area contributed by atoms with Crippen LogP contribution in [0.1, 0.15) is 23.0 Å². The maximum Gasteiger partial charge on any atom is 0.242 e. The molecule has 1 amide bonds. The van der Waals surface area contributed by atoms with Crippen molar-refractivity contribution >= 4 is 17.5 Å². The Hall–Kier alpha value is -2.81. The Bertz CT molecular complexity index is 957. The Morgan fingerprint density at radius 2 is 1.77 bits per heavy atom. The highest BCUT2D eigenvalue weighted by Gasteiger charge is 2.20. The number of halogens is 1. The number of rotatable bonds is 7. The van der Waals surface area contributed by atoms with Gasteiger partial charge in [0.1, 0.15) is 6.54 Å². The maximum absolute atomic E-state index is 12.9. The zero-order valence-corrected chi connectivity index (χ0v) is 17.2. The average Bonchev–Trinajstić information content (AvgIpc) is 3.20. The van der Waals surface area contributed by atoms with Crippen LogP contribution in [-0.2, 0) is 22.6 Å². The second-order valence-electron chi connectivity index (χ2n) is 7.10. The lowest BCUT2D eigenvalue weighted by molar-refractivity contribution is -0.122. The van der Waals surface area contributed by atoms with Crippen LogP contribution in [0.5, 0.6) is 0 Å². The van der Waals surface area contributed by atoms with E-state index in [4.69, 9.17) is 16.3 Å². The van der Waals surface area contributed by atoms with Crippen LogP contribution >= 0.6 is 11.6 Å². The first-order chi connectivity index (χ1) is 14.7. The number of nitrogens with zero attached hydrogens (tertiary/aromatic N) is 5. The number of morpholine rings is 1. The predicted molar refractivity (Wildman–Crippen MR) is 112 cm³/mol. The van der Waals surface area contributed by atoms with Crippen LogP contribution in [0.25, 0.3) is 0 Å². The third kappa shape index (κ3) is 5.21. The summed E-state index contributed by atoms with van der Waals surface area (Å²) < 4.78 is 6.93. The molecule has 0 aliphatic carbocycles. The van der Waals surface area contributed by atoms with Crippen molar-refractivity contribution in [3.8, 4) is 0 Å². The molecule has 1 N–H and O–H groups in total. The molecule has 1 aromatic heterocycles. The van der Waals surface area contributed by atoms with Gasteiger partial charge in [0.15, 0.2) is 5.82 Å². The molecule has 0 radical (unpaired) electrons. The second-order valence-corrected chi connectivity index (χ2v) is 7.54. The number of benzene rings is 2. The Morgan fingerprint density at radius 1 is 1.07 bits per heavy atom. The monoisotopic (exact) mass is 426 g/mol. The van der Waals surface area contributed by atoms with E-state index in [2.05, 4.69) is 25.7 Å². The number of aromatic nitrogens is 4. The number of hydrogen-bond acceptors (Lipinski definition) is 6. The smallest absolute Gasteiger partial charge is 0.242 e. The topological polar surface area (TPSA) is 85.2 Å². The van der Waals surface area contributed by atoms with Crippen molar-refractivity contribution in [3.63, 3.8) is 0 Å². The molecule has 0 unspecified atom stereocenters. The van der Waals surface area contributed by atoms with Crippen LogP contribution in [0.4, 0.5) is 0 Å². The second kappa shape index (κ2) is 9.80. The number of amides is 1. The summed E-state index contributed by atoms with van der Waals surface area (Å²) in [5, 5.41) is 15.6. The minimum atomic E-state index is -0.296. The van der Waals surface area contributed by atoms with Crippen LogP contribution in [0.2, 0.25) is 5.02 Å². The van der Waals surface area contributed by atoms with Crippen LogP contribution in [0.15, 0.2) is 54.6 Å². The molecule has 1 aliphatic heterocycles. The summed E-state index contributed by atoms with van der Waals surface area (Å²) in [6.07, 6.45) is 0. The fourth-order valence-corrected chi connectivity index (χ4v) is 3.55. The minimum absolute atomic E-state index is 0.0452. The number of tetrazole rings is 1. The van der Waals surface area contributed by atoms with Gasteiger partial charge < -0.3 is 10.1 Å². The van der Waals surface area contributed by atoms with Crippen molar-refractivity contribution < 1.29 is 9.53 Å². The summed E-state index contributed by atoms with van der Waals surface area (Å²) in [4.78, 5) is 15.1. The van der Waals surface area contributed by atoms with E-state index in [0.29, 0.717) is 30.6 Å². The summed E-state index contributed by atoms with van der Waals surface area (Å²) >= 11 is 6.04. The van der Waals surface area contributed by atoms with Gasteiger partial charge in [0, 0.05) is 18.1 Å². The highest BCUT2D eigenvalue weighted by molar-refractivity contribution is 6.30. The van der Waals surface area contributed by atoms with Gasteiger partial charge >= 0.3 is 0 Å². The van der Waals surface area contributed by atoms with Gasteiger partial charge in [-0.25, -0.2) is 4.68 Å². The molecule has 4 rings (SSSR count). The molecule has 0 spiro atoms. The summed E-state index contributed by atoms with van der Waals surface area (Å²) in [7, 11) is 0. The largest absolute Gasteiger partial charge is 0.379 e. The Labute approximate surface area is 179 Å². The van der Waals surface area contributed by atoms with Gasteiger partial charge in [-0.2, -0.15) is 0 Å². The van der Waals surface area contributed by atoms with E-state index in [-0.39, 0.29) is 18.5 Å². The molecule has 0 saturated carbocycles. The fraction of sp³-hybridized carbons (Fsp3) is 0.333. The summed E-state index contributed by atoms with van der Waals surface area (Å²) in [5.74, 6) is 0.490. The van der Waals surface area contributed by atoms with E-state index >= 15 is 0 Å². The summed E-state index contributed by atoms with van der Waals surface area (Å²) in [5.41, 5.74) is 1.93. The molecular weight excluding hydrogens is 404 g/mol. The standard InChI is InChI=1S/C21H23ClN6O2/c22-18-8-6-17(7-9-18)21(16-4-2-1-3-5-16)23-20(29)15-28-19(24-25-26-28)14-27-10-12-30-13-11-27/h1-9,21H,10-15H2,(H,23,29)/t21-/m0/s1. The zero-order valence-electron chi connectivity index (χ0n) is 16.4. The van der Waals surface area contributed by atoms with E-state index in [1.807, 2.05) is 54.6 Å². The summed E-state index contributed by atoms with van der Waals surface area (Å²) in [6, 6.07) is 17.0. The molecule has 8 nitrogen and oxygen atoms in total. The van der Waals surface area contributed by atoms with E-state index in [9.17, 15) is 4.79 Å². The van der Waals surface area contributed by atoms with Crippen LogP contribution in [0.3, 0.4) is 0 Å². The van der Waals surface area contributed by atoms with E-state index < -0.39 is 0 Å². The van der Waals surface area contributed by atoms with E-state index in [1.165, 1.54) is 0 Å². The molecule has 9 heteroatoms. The molecule has 30 heavy (non-hydrogen) atoms. The predicted octanol–water partition coefficient (Wildman–Crippen LogP) is 2.06. The van der Waals surface area contributed by atoms with Crippen molar-refractivity contribution in [2.24, 2.45) is 0 Å². The van der Waals surface area contributed by atoms with E-state index in [0.717, 1.165) is 24.2 Å². The minimum Gasteiger partial charge on any atom is -0.379 e. The molecule has 2 aromatic carbocycles. The Kier molecular flexibility index (Phi) is 6.68. The molecule has 156 valence electrons. The Morgan fingerprint density at radius 3 is 2.50 bits per heavy atom. The molecule has 1 saturated heterocycles. The molecular formula is C21H23ClN6O2. The first-order valence-electron chi connectivity index (χ1n) is 9.84. The molecule has 1 fully saturated rings. The zero-order chi connectivity index (χ0) is 20.8. The molecule has 1 aliphatic rings. The molecule has 0 bridgehead atoms. The van der Waals surface area contributed by atoms with Crippen LogP contribution in [-0.4, -0.2) is 57.3 Å². The average molecular weight is 427 g/mol. The van der Waals surface area contributed by atoms with Crippen LogP contribution < -0.4 is 5.32 Å². The fourth-order valence-electron chi connectivity index (χ4n) is 3.42. The first kappa shape index (κ1) is 20.5. The first-order valence-corrected chi connectivity index (χ1v) is 10.2. The van der Waals surface area contributed by atoms with Crippen molar-refractivity contribution in [1.82, 2.24) is 30.4 Å². The molecule has 2 heterocycles. The SMILES string of the molecule is O=C(Cn1nnnc1CN1CCOCC1)N[C@@H](c1ccccc1)c1ccc(Cl)cc1. The highest BCUT2D eigenvalue weighted by atomic mass is 35.5. The van der Waals surface area contributed by atoms with Gasteiger partial charge in [0.05, 0.1) is 25.8 Å². The Balaban J connectivity index is 1.47. The highest BCUT2D eigenvalue weighted by Crippen LogP contribution is 2.23. The van der Waals surface area contributed by atoms with Gasteiger partial charge in [-0.1, -0.05) is 54.1 Å². The van der Waals surface area contributed by atoms with Gasteiger partial charge in [-0.05, 0) is 33.7 Å². The molecule has 1 atom stereocenters. The lowest BCUT2D eigenvalue weighted by Gasteiger charge is -2.25. The van der Waals surface area contributed by atoms with Crippen molar-refractivity contribution in [2.45, 2.75) is 19.1 Å². The van der Waals surface area contributed by atoms with E-state index in [1.54, 1.807) is 4.68 Å². The van der Waals surface area contributed by atoms with Crippen LogP contribution in [0, 0.1) is 0 Å². The number of nitrogens with one attached hydrogen (secondary N) is 1. The van der Waals surface area contributed by atoms with Gasteiger partial charge in [-0.3, -0.25) is 9.69 Å². The third-order valence-corrected chi connectivity index (χ3v) is 5.26. The lowest BCUT2D eigenvalue weighted by atomic mass is 9.99. The van der Waals surface area contributed by atoms with Gasteiger partial charge in [0.25, 0.3) is 0 Å². The van der Waals surface area contributed by atoms with Gasteiger partial charge in [0.2, 0.25) is 5.91 Å². The summed E-state index contributed by atoms with van der Waals surface area (Å²) in [6.45, 7) is 3.67. The maximum atomic E-state index is 12.9.